The van der Waals surface area contributed by atoms with Crippen molar-refractivity contribution < 1.29 is 28.8 Å². The van der Waals surface area contributed by atoms with E-state index < -0.39 is 5.97 Å². The van der Waals surface area contributed by atoms with Crippen LogP contribution in [0.15, 0.2) is 63.7 Å². The van der Waals surface area contributed by atoms with E-state index in [0.29, 0.717) is 33.7 Å². The third-order valence-corrected chi connectivity index (χ3v) is 5.56. The van der Waals surface area contributed by atoms with E-state index in [2.05, 4.69) is 10.9 Å². The number of rotatable bonds is 9. The second kappa shape index (κ2) is 11.9. The van der Waals surface area contributed by atoms with Gasteiger partial charge in [-0.15, -0.1) is 6.42 Å². The van der Waals surface area contributed by atoms with Gasteiger partial charge in [-0.3, -0.25) is 0 Å². The van der Waals surface area contributed by atoms with Crippen LogP contribution in [0.4, 0.5) is 5.69 Å². The van der Waals surface area contributed by atoms with Crippen molar-refractivity contribution in [2.45, 2.75) is 13.8 Å². The lowest BCUT2D eigenvalue weighted by Crippen LogP contribution is -2.12. The molecule has 1 N–H and O–H groups in total. The quantitative estimate of drug-likeness (QED) is 0.386. The molecule has 0 saturated heterocycles. The minimum Gasteiger partial charge on any atom is -0.506 e. The summed E-state index contributed by atoms with van der Waals surface area (Å²) in [6.07, 6.45) is 6.98. The lowest BCUT2D eigenvalue weighted by atomic mass is 10.1. The number of carbonyl (C=O) groups excluding carboxylic acids is 1. The fourth-order valence-corrected chi connectivity index (χ4v) is 4.09. The number of aliphatic hydroxyl groups is 1. The first-order valence-corrected chi connectivity index (χ1v) is 11.4. The van der Waals surface area contributed by atoms with E-state index >= 15 is 0 Å². The first kappa shape index (κ1) is 24.8. The summed E-state index contributed by atoms with van der Waals surface area (Å²) in [7, 11) is 1.52. The molecular weight excluding hydrogens is 454 g/mol. The predicted octanol–water partition coefficient (Wildman–Crippen LogP) is 5.30. The summed E-state index contributed by atoms with van der Waals surface area (Å²) in [6.45, 7) is 4.46. The van der Waals surface area contributed by atoms with Crippen molar-refractivity contribution >= 4 is 34.5 Å². The summed E-state index contributed by atoms with van der Waals surface area (Å²) in [5.74, 6) is 3.29. The summed E-state index contributed by atoms with van der Waals surface area (Å²) >= 11 is 1.17. The summed E-state index contributed by atoms with van der Waals surface area (Å²) in [6, 6.07) is 12.4. The topological polar surface area (TPSA) is 86.6 Å². The molecule has 0 fully saturated rings. The van der Waals surface area contributed by atoms with Gasteiger partial charge in [0.2, 0.25) is 0 Å². The number of aliphatic imine (C=N–C) groups is 1. The SMILES string of the molecule is C#CCOc1ccc(C=C2SC(=Nc3ccc(OCC)cc3)C(C(=O)OCC)=C2O)cc1OC. The molecule has 0 saturated carbocycles. The Labute approximate surface area is 203 Å². The van der Waals surface area contributed by atoms with Gasteiger partial charge in [0.25, 0.3) is 0 Å². The van der Waals surface area contributed by atoms with E-state index in [4.69, 9.17) is 25.4 Å². The molecule has 0 aliphatic carbocycles. The van der Waals surface area contributed by atoms with Crippen LogP contribution in [-0.4, -0.2) is 43.0 Å². The Hall–Kier alpha value is -3.83. The zero-order chi connectivity index (χ0) is 24.5. The minimum atomic E-state index is -0.642. The van der Waals surface area contributed by atoms with E-state index in [0.717, 1.165) is 11.3 Å². The smallest absolute Gasteiger partial charge is 0.344 e. The third kappa shape index (κ3) is 5.94. The molecule has 0 amide bonds. The highest BCUT2D eigenvalue weighted by atomic mass is 32.2. The number of carbonyl (C=O) groups is 1. The van der Waals surface area contributed by atoms with Crippen molar-refractivity contribution in [3.8, 4) is 29.6 Å². The highest BCUT2D eigenvalue weighted by Gasteiger charge is 2.33. The number of benzene rings is 2. The van der Waals surface area contributed by atoms with Gasteiger partial charge in [0.1, 0.15) is 28.7 Å². The Balaban J connectivity index is 1.97. The van der Waals surface area contributed by atoms with Crippen LogP contribution in [0.3, 0.4) is 0 Å². The molecule has 0 bridgehead atoms. The van der Waals surface area contributed by atoms with Crippen molar-refractivity contribution in [1.29, 1.82) is 0 Å². The maximum Gasteiger partial charge on any atom is 0.344 e. The van der Waals surface area contributed by atoms with Gasteiger partial charge in [0.05, 0.1) is 30.9 Å². The molecule has 1 aliphatic rings. The largest absolute Gasteiger partial charge is 0.506 e. The number of thioether (sulfide) groups is 1. The summed E-state index contributed by atoms with van der Waals surface area (Å²) in [5, 5.41) is 11.2. The van der Waals surface area contributed by atoms with Crippen LogP contribution in [-0.2, 0) is 9.53 Å². The molecule has 0 aromatic heterocycles. The molecular formula is C26H25NO6S. The van der Waals surface area contributed by atoms with Gasteiger partial charge in [0.15, 0.2) is 11.5 Å². The number of terminal acetylenes is 1. The van der Waals surface area contributed by atoms with Crippen molar-refractivity contribution in [3.05, 3.63) is 64.3 Å². The normalized spacial score (nSPS) is 15.4. The molecule has 2 aromatic rings. The molecule has 0 atom stereocenters. The number of ether oxygens (including phenoxy) is 4. The summed E-state index contributed by atoms with van der Waals surface area (Å²) in [4.78, 5) is 17.6. The maximum atomic E-state index is 12.6. The lowest BCUT2D eigenvalue weighted by molar-refractivity contribution is -0.138. The van der Waals surface area contributed by atoms with Gasteiger partial charge in [0, 0.05) is 0 Å². The highest BCUT2D eigenvalue weighted by molar-refractivity contribution is 8.18. The van der Waals surface area contributed by atoms with Crippen LogP contribution in [0.2, 0.25) is 0 Å². The molecule has 1 aliphatic heterocycles. The Morgan fingerprint density at radius 2 is 1.88 bits per heavy atom. The van der Waals surface area contributed by atoms with Crippen LogP contribution < -0.4 is 14.2 Å². The maximum absolute atomic E-state index is 12.6. The van der Waals surface area contributed by atoms with Gasteiger partial charge in [-0.1, -0.05) is 23.7 Å². The highest BCUT2D eigenvalue weighted by Crippen LogP contribution is 2.41. The summed E-state index contributed by atoms with van der Waals surface area (Å²) in [5.41, 5.74) is 1.36. The number of hydrogen-bond acceptors (Lipinski definition) is 8. The molecule has 34 heavy (non-hydrogen) atoms. The van der Waals surface area contributed by atoms with E-state index in [9.17, 15) is 9.90 Å². The van der Waals surface area contributed by atoms with E-state index in [1.807, 2.05) is 6.92 Å². The molecule has 8 heteroatoms. The standard InChI is InChI=1S/C26H25NO6S/c1-5-14-33-20-13-8-17(15-21(20)30-4)16-22-24(28)23(26(29)32-7-3)25(34-22)27-18-9-11-19(12-10-18)31-6-2/h1,8-13,15-16,28H,6-7,14H2,2-4H3. The first-order chi connectivity index (χ1) is 16.5. The number of aliphatic hydroxyl groups excluding tert-OH is 1. The van der Waals surface area contributed by atoms with Gasteiger partial charge >= 0.3 is 5.97 Å². The Morgan fingerprint density at radius 1 is 1.12 bits per heavy atom. The van der Waals surface area contributed by atoms with E-state index in [-0.39, 0.29) is 24.5 Å². The van der Waals surface area contributed by atoms with Crippen LogP contribution >= 0.6 is 11.8 Å². The number of esters is 1. The fraction of sp³-hybridized carbons (Fsp3) is 0.231. The predicted molar refractivity (Wildman–Crippen MR) is 134 cm³/mol. The fourth-order valence-electron chi connectivity index (χ4n) is 3.06. The van der Waals surface area contributed by atoms with Crippen LogP contribution in [0.25, 0.3) is 6.08 Å². The Kier molecular flexibility index (Phi) is 8.66. The number of hydrogen-bond donors (Lipinski definition) is 1. The van der Waals surface area contributed by atoms with Crippen molar-refractivity contribution in [2.24, 2.45) is 4.99 Å². The zero-order valence-corrected chi connectivity index (χ0v) is 20.0. The average Bonchev–Trinajstić information content (AvgIpc) is 3.14. The van der Waals surface area contributed by atoms with Gasteiger partial charge in [-0.2, -0.15) is 0 Å². The second-order valence-electron chi connectivity index (χ2n) is 6.80. The monoisotopic (exact) mass is 479 g/mol. The van der Waals surface area contributed by atoms with Crippen LogP contribution in [0, 0.1) is 12.3 Å². The van der Waals surface area contributed by atoms with Gasteiger partial charge < -0.3 is 24.1 Å². The van der Waals surface area contributed by atoms with E-state index in [1.165, 1.54) is 18.9 Å². The van der Waals surface area contributed by atoms with Crippen LogP contribution in [0.5, 0.6) is 17.2 Å². The first-order valence-electron chi connectivity index (χ1n) is 10.6. The molecule has 2 aromatic carbocycles. The minimum absolute atomic E-state index is 0.0212. The zero-order valence-electron chi connectivity index (χ0n) is 19.2. The molecule has 7 nitrogen and oxygen atoms in total. The number of nitrogens with zero attached hydrogens (tertiary/aromatic N) is 1. The van der Waals surface area contributed by atoms with Gasteiger partial charge in [-0.25, -0.2) is 9.79 Å². The molecule has 1 heterocycles. The van der Waals surface area contributed by atoms with Crippen molar-refractivity contribution in [2.75, 3.05) is 26.9 Å². The van der Waals surface area contributed by atoms with Gasteiger partial charge in [-0.05, 0) is 61.9 Å². The molecule has 0 spiro atoms. The lowest BCUT2D eigenvalue weighted by Gasteiger charge is -2.09. The van der Waals surface area contributed by atoms with E-state index in [1.54, 1.807) is 55.5 Å². The second-order valence-corrected chi connectivity index (χ2v) is 7.83. The third-order valence-electron chi connectivity index (χ3n) is 4.55. The molecule has 0 radical (unpaired) electrons. The van der Waals surface area contributed by atoms with Crippen molar-refractivity contribution in [3.63, 3.8) is 0 Å². The number of methoxy groups -OCH3 is 1. The average molecular weight is 480 g/mol. The van der Waals surface area contributed by atoms with Crippen LogP contribution in [0.1, 0.15) is 19.4 Å². The Bertz CT molecular complexity index is 1170. The molecule has 176 valence electrons. The molecule has 3 rings (SSSR count). The molecule has 0 unspecified atom stereocenters. The van der Waals surface area contributed by atoms with Crippen molar-refractivity contribution in [1.82, 2.24) is 0 Å². The summed E-state index contributed by atoms with van der Waals surface area (Å²) < 4.78 is 21.5. The Morgan fingerprint density at radius 3 is 2.53 bits per heavy atom.